The highest BCUT2D eigenvalue weighted by Gasteiger charge is 2.13. The summed E-state index contributed by atoms with van der Waals surface area (Å²) in [6.07, 6.45) is 1.06. The fourth-order valence-electron chi connectivity index (χ4n) is 2.16. The molecule has 0 aliphatic carbocycles. The molecule has 26 heavy (non-hydrogen) atoms. The van der Waals surface area contributed by atoms with Crippen molar-refractivity contribution in [1.82, 2.24) is 15.4 Å². The average molecular weight is 385 g/mol. The number of ether oxygens (including phenoxy) is 1. The predicted octanol–water partition coefficient (Wildman–Crippen LogP) is 1.71. The van der Waals surface area contributed by atoms with Crippen molar-refractivity contribution in [2.24, 2.45) is 10.9 Å². The molecule has 0 aliphatic rings. The number of guanidine groups is 1. The Labute approximate surface area is 157 Å². The van der Waals surface area contributed by atoms with Crippen molar-refractivity contribution in [1.29, 1.82) is 0 Å². The molecular formula is C18H32N4O3S. The normalized spacial score (nSPS) is 12.4. The van der Waals surface area contributed by atoms with E-state index in [9.17, 15) is 8.42 Å². The van der Waals surface area contributed by atoms with Gasteiger partial charge in [-0.3, -0.25) is 0 Å². The summed E-state index contributed by atoms with van der Waals surface area (Å²) in [7, 11) is -2.01. The number of nitrogens with zero attached hydrogens (tertiary/aromatic N) is 1. The van der Waals surface area contributed by atoms with E-state index in [2.05, 4.69) is 34.2 Å². The minimum atomic E-state index is -3.54. The van der Waals surface area contributed by atoms with Crippen molar-refractivity contribution >= 4 is 16.0 Å². The van der Waals surface area contributed by atoms with E-state index in [1.807, 2.05) is 13.0 Å². The minimum absolute atomic E-state index is 0.235. The molecular weight excluding hydrogens is 352 g/mol. The Kier molecular flexibility index (Phi) is 10.2. The average Bonchev–Trinajstić information content (AvgIpc) is 2.60. The van der Waals surface area contributed by atoms with Crippen molar-refractivity contribution in [3.8, 4) is 0 Å². The van der Waals surface area contributed by atoms with Crippen molar-refractivity contribution in [2.45, 2.75) is 38.6 Å². The summed E-state index contributed by atoms with van der Waals surface area (Å²) in [5.74, 6) is 1.36. The summed E-state index contributed by atoms with van der Waals surface area (Å²) in [6, 6.07) is 6.83. The third-order valence-electron chi connectivity index (χ3n) is 3.59. The molecule has 0 saturated carbocycles. The lowest BCUT2D eigenvalue weighted by molar-refractivity contribution is 0.204. The SMILES string of the molecule is CCNC(=NCc1cccc(S(=O)(=O)NCCOC)c1)NCCC(C)C. The van der Waals surface area contributed by atoms with Gasteiger partial charge in [0.15, 0.2) is 5.96 Å². The highest BCUT2D eigenvalue weighted by molar-refractivity contribution is 7.89. The fourth-order valence-corrected chi connectivity index (χ4v) is 3.25. The quantitative estimate of drug-likeness (QED) is 0.307. The molecule has 0 heterocycles. The van der Waals surface area contributed by atoms with Gasteiger partial charge < -0.3 is 15.4 Å². The summed E-state index contributed by atoms with van der Waals surface area (Å²) < 4.78 is 31.9. The Morgan fingerprint density at radius 1 is 1.23 bits per heavy atom. The molecule has 8 heteroatoms. The van der Waals surface area contributed by atoms with Crippen LogP contribution in [-0.2, 0) is 21.3 Å². The second kappa shape index (κ2) is 11.9. The number of benzene rings is 1. The summed E-state index contributed by atoms with van der Waals surface area (Å²) in [5.41, 5.74) is 0.834. The van der Waals surface area contributed by atoms with Crippen LogP contribution < -0.4 is 15.4 Å². The summed E-state index contributed by atoms with van der Waals surface area (Å²) in [6.45, 7) is 8.96. The highest BCUT2D eigenvalue weighted by Crippen LogP contribution is 2.12. The number of sulfonamides is 1. The smallest absolute Gasteiger partial charge is 0.240 e. The standard InChI is InChI=1S/C18H32N4O3S/c1-5-19-18(20-10-9-15(2)3)21-14-16-7-6-8-17(13-16)26(23,24)22-11-12-25-4/h6-8,13,15,22H,5,9-12,14H2,1-4H3,(H2,19,20,21). The number of nitrogens with one attached hydrogen (secondary N) is 3. The minimum Gasteiger partial charge on any atom is -0.383 e. The molecule has 1 aromatic carbocycles. The van der Waals surface area contributed by atoms with E-state index in [4.69, 9.17) is 4.74 Å². The van der Waals surface area contributed by atoms with E-state index in [1.54, 1.807) is 18.2 Å². The van der Waals surface area contributed by atoms with E-state index < -0.39 is 10.0 Å². The third kappa shape index (κ3) is 8.64. The van der Waals surface area contributed by atoms with Crippen LogP contribution in [0.15, 0.2) is 34.2 Å². The Morgan fingerprint density at radius 3 is 2.65 bits per heavy atom. The first kappa shape index (κ1) is 22.4. The molecule has 0 radical (unpaired) electrons. The van der Waals surface area contributed by atoms with Gasteiger partial charge in [0.25, 0.3) is 0 Å². The molecule has 0 atom stereocenters. The number of methoxy groups -OCH3 is 1. The molecule has 1 rings (SSSR count). The van der Waals surface area contributed by atoms with Crippen LogP contribution in [0.1, 0.15) is 32.8 Å². The fraction of sp³-hybridized carbons (Fsp3) is 0.611. The number of aliphatic imine (C=N–C) groups is 1. The maximum absolute atomic E-state index is 12.3. The Balaban J connectivity index is 2.76. The van der Waals surface area contributed by atoms with E-state index in [-0.39, 0.29) is 11.4 Å². The summed E-state index contributed by atoms with van der Waals surface area (Å²) >= 11 is 0. The van der Waals surface area contributed by atoms with Crippen LogP contribution in [0.4, 0.5) is 0 Å². The molecule has 7 nitrogen and oxygen atoms in total. The van der Waals surface area contributed by atoms with Gasteiger partial charge in [-0.15, -0.1) is 0 Å². The van der Waals surface area contributed by atoms with Crippen LogP contribution in [0.5, 0.6) is 0 Å². The van der Waals surface area contributed by atoms with Gasteiger partial charge >= 0.3 is 0 Å². The zero-order chi connectivity index (χ0) is 19.4. The van der Waals surface area contributed by atoms with Gasteiger partial charge in [-0.25, -0.2) is 18.1 Å². The van der Waals surface area contributed by atoms with E-state index >= 15 is 0 Å². The molecule has 3 N–H and O–H groups in total. The molecule has 0 fully saturated rings. The monoisotopic (exact) mass is 384 g/mol. The largest absolute Gasteiger partial charge is 0.383 e. The van der Waals surface area contributed by atoms with E-state index in [0.717, 1.165) is 31.0 Å². The van der Waals surface area contributed by atoms with Crippen LogP contribution in [0.25, 0.3) is 0 Å². The molecule has 1 aromatic rings. The van der Waals surface area contributed by atoms with Crippen molar-refractivity contribution in [2.75, 3.05) is 33.4 Å². The van der Waals surface area contributed by atoms with Crippen molar-refractivity contribution in [3.63, 3.8) is 0 Å². The zero-order valence-corrected chi connectivity index (χ0v) is 17.0. The lowest BCUT2D eigenvalue weighted by Gasteiger charge is -2.12. The molecule has 0 unspecified atom stereocenters. The van der Waals surface area contributed by atoms with Gasteiger partial charge in [-0.2, -0.15) is 0 Å². The van der Waals surface area contributed by atoms with Crippen LogP contribution >= 0.6 is 0 Å². The van der Waals surface area contributed by atoms with Gasteiger partial charge in [0.2, 0.25) is 10.0 Å². The van der Waals surface area contributed by atoms with Crippen LogP contribution in [0.3, 0.4) is 0 Å². The van der Waals surface area contributed by atoms with Gasteiger partial charge in [0.05, 0.1) is 18.0 Å². The first-order valence-electron chi connectivity index (χ1n) is 8.98. The second-order valence-electron chi connectivity index (χ2n) is 6.34. The van der Waals surface area contributed by atoms with Crippen LogP contribution in [0.2, 0.25) is 0 Å². The lowest BCUT2D eigenvalue weighted by Crippen LogP contribution is -2.38. The first-order chi connectivity index (χ1) is 12.4. The Morgan fingerprint density at radius 2 is 2.00 bits per heavy atom. The maximum Gasteiger partial charge on any atom is 0.240 e. The Bertz CT molecular complexity index is 660. The van der Waals surface area contributed by atoms with E-state index in [0.29, 0.717) is 19.1 Å². The molecule has 148 valence electrons. The number of rotatable bonds is 11. The lowest BCUT2D eigenvalue weighted by atomic mass is 10.1. The van der Waals surface area contributed by atoms with Gasteiger partial charge in [-0.1, -0.05) is 26.0 Å². The molecule has 0 amide bonds. The molecule has 0 aromatic heterocycles. The van der Waals surface area contributed by atoms with Crippen LogP contribution in [-0.4, -0.2) is 47.7 Å². The number of hydrogen-bond acceptors (Lipinski definition) is 4. The topological polar surface area (TPSA) is 91.8 Å². The summed E-state index contributed by atoms with van der Waals surface area (Å²) in [5, 5.41) is 6.50. The van der Waals surface area contributed by atoms with Gasteiger partial charge in [-0.05, 0) is 37.0 Å². The highest BCUT2D eigenvalue weighted by atomic mass is 32.2. The third-order valence-corrected chi connectivity index (χ3v) is 5.04. The van der Waals surface area contributed by atoms with Gasteiger partial charge in [0.1, 0.15) is 0 Å². The zero-order valence-electron chi connectivity index (χ0n) is 16.2. The molecule has 0 spiro atoms. The van der Waals surface area contributed by atoms with Crippen molar-refractivity contribution in [3.05, 3.63) is 29.8 Å². The number of hydrogen-bond donors (Lipinski definition) is 3. The molecule has 0 aliphatic heterocycles. The van der Waals surface area contributed by atoms with Crippen molar-refractivity contribution < 1.29 is 13.2 Å². The first-order valence-corrected chi connectivity index (χ1v) is 10.5. The van der Waals surface area contributed by atoms with E-state index in [1.165, 1.54) is 7.11 Å². The molecule has 0 saturated heterocycles. The maximum atomic E-state index is 12.3. The molecule has 0 bridgehead atoms. The van der Waals surface area contributed by atoms with Gasteiger partial charge in [0, 0.05) is 26.7 Å². The Hall–Kier alpha value is -1.64. The summed E-state index contributed by atoms with van der Waals surface area (Å²) in [4.78, 5) is 4.77. The second-order valence-corrected chi connectivity index (χ2v) is 8.11. The predicted molar refractivity (Wildman–Crippen MR) is 106 cm³/mol. The van der Waals surface area contributed by atoms with Crippen LogP contribution in [0, 0.1) is 5.92 Å².